The molecule has 0 aliphatic heterocycles. The Hall–Kier alpha value is -0.250. The summed E-state index contributed by atoms with van der Waals surface area (Å²) in [5.41, 5.74) is 0. The molecule has 0 bridgehead atoms. The summed E-state index contributed by atoms with van der Waals surface area (Å²) in [6, 6.07) is 0. The number of hydroxylamine groups is 4. The van der Waals surface area contributed by atoms with Crippen LogP contribution in [-0.4, -0.2) is 48.4 Å². The Morgan fingerprint density at radius 3 is 1.79 bits per heavy atom. The average Bonchev–Trinajstić information content (AvgIpc) is 2.04. The summed E-state index contributed by atoms with van der Waals surface area (Å²) in [5.74, 6) is 0. The second kappa shape index (κ2) is 7.10. The van der Waals surface area contributed by atoms with Gasteiger partial charge >= 0.3 is 0 Å². The minimum absolute atomic E-state index is 0.355. The maximum atomic E-state index is 9.22. The van der Waals surface area contributed by atoms with Crippen molar-refractivity contribution in [3.63, 3.8) is 0 Å². The highest BCUT2D eigenvalue weighted by molar-refractivity contribution is 7.80. The highest BCUT2D eigenvalue weighted by Crippen LogP contribution is 1.94. The molecule has 14 heavy (non-hydrogen) atoms. The monoisotopic (exact) mass is 231 g/mol. The van der Waals surface area contributed by atoms with Crippen LogP contribution in [-0.2, 0) is 14.6 Å². The molecule has 0 aliphatic carbocycles. The van der Waals surface area contributed by atoms with Gasteiger partial charge in [-0.2, -0.15) is 10.4 Å². The van der Waals surface area contributed by atoms with Crippen LogP contribution in [0.1, 0.15) is 20.3 Å². The van der Waals surface area contributed by atoms with Crippen LogP contribution in [0.25, 0.3) is 0 Å². The molecule has 2 N–H and O–H groups in total. The molecular weight excluding hydrogens is 214 g/mol. The molecular formula is C6H17NO6S. The van der Waals surface area contributed by atoms with Crippen molar-refractivity contribution >= 4 is 10.4 Å². The third-order valence-corrected chi connectivity index (χ3v) is 1.70. The highest BCUT2D eigenvalue weighted by Gasteiger charge is 2.16. The molecule has 0 radical (unpaired) electrons. The van der Waals surface area contributed by atoms with Crippen LogP contribution in [0.2, 0.25) is 0 Å². The predicted molar refractivity (Wildman–Crippen MR) is 46.2 cm³/mol. The largest absolute Gasteiger partial charge is 0.726 e. The smallest absolute Gasteiger partial charge is 0.217 e. The number of hydrogen-bond donors (Lipinski definition) is 2. The van der Waals surface area contributed by atoms with Crippen LogP contribution in [0.3, 0.4) is 0 Å². The average molecular weight is 231 g/mol. The lowest BCUT2D eigenvalue weighted by Crippen LogP contribution is -2.41. The quantitative estimate of drug-likeness (QED) is 0.307. The Balaban J connectivity index is 0. The van der Waals surface area contributed by atoms with E-state index in [2.05, 4.69) is 4.18 Å². The van der Waals surface area contributed by atoms with Crippen molar-refractivity contribution in [2.24, 2.45) is 0 Å². The fourth-order valence-electron chi connectivity index (χ4n) is 0.516. The fourth-order valence-corrected chi connectivity index (χ4v) is 0.516. The third kappa shape index (κ3) is 14.3. The molecule has 0 spiro atoms. The standard InChI is InChI=1S/C5H14NO2.CH4O4S/c1-3-5-6(7,8)4-2;1-5-6(2,3)4/h7-8H,3-5H2,1-2H3;1H3,(H,2,3,4)/q+1;/p-1. The van der Waals surface area contributed by atoms with Gasteiger partial charge in [0.1, 0.15) is 13.1 Å². The summed E-state index contributed by atoms with van der Waals surface area (Å²) >= 11 is 0. The van der Waals surface area contributed by atoms with E-state index in [0.717, 1.165) is 13.5 Å². The Bertz CT molecular complexity index is 224. The molecule has 0 amide bonds. The summed E-state index contributed by atoms with van der Waals surface area (Å²) in [6.45, 7) is 4.41. The normalized spacial score (nSPS) is 11.9. The lowest BCUT2D eigenvalue weighted by molar-refractivity contribution is -1.24. The van der Waals surface area contributed by atoms with Gasteiger partial charge in [-0.05, 0) is 18.2 Å². The second-order valence-electron chi connectivity index (χ2n) is 2.49. The zero-order valence-corrected chi connectivity index (χ0v) is 9.32. The first-order valence-electron chi connectivity index (χ1n) is 4.02. The lowest BCUT2D eigenvalue weighted by atomic mass is 10.5. The summed E-state index contributed by atoms with van der Waals surface area (Å²) in [7, 11) is -3.60. The molecule has 0 atom stereocenters. The highest BCUT2D eigenvalue weighted by atomic mass is 32.3. The van der Waals surface area contributed by atoms with Crippen molar-refractivity contribution in [3.8, 4) is 0 Å². The molecule has 0 saturated heterocycles. The first-order chi connectivity index (χ1) is 6.18. The van der Waals surface area contributed by atoms with Gasteiger partial charge in [-0.3, -0.25) is 4.18 Å². The molecule has 0 aromatic heterocycles. The van der Waals surface area contributed by atoms with Crippen molar-refractivity contribution in [1.29, 1.82) is 0 Å². The van der Waals surface area contributed by atoms with Gasteiger partial charge in [0.05, 0.1) is 7.11 Å². The van der Waals surface area contributed by atoms with E-state index in [1.54, 1.807) is 6.92 Å². The van der Waals surface area contributed by atoms with E-state index in [1.165, 1.54) is 0 Å². The molecule has 0 heterocycles. The fraction of sp³-hybridized carbons (Fsp3) is 1.00. The van der Waals surface area contributed by atoms with Crippen LogP contribution in [0.15, 0.2) is 0 Å². The Labute approximate surface area is 84.0 Å². The van der Waals surface area contributed by atoms with Gasteiger partial charge in [0, 0.05) is 0 Å². The maximum Gasteiger partial charge on any atom is 0.217 e. The number of hydrogen-bond acceptors (Lipinski definition) is 6. The molecule has 0 aromatic carbocycles. The van der Waals surface area contributed by atoms with Gasteiger partial charge in [-0.1, -0.05) is 6.92 Å². The van der Waals surface area contributed by atoms with Gasteiger partial charge in [0.15, 0.2) is 0 Å². The van der Waals surface area contributed by atoms with Crippen LogP contribution < -0.4 is 0 Å². The van der Waals surface area contributed by atoms with Gasteiger partial charge in [-0.15, -0.1) is 0 Å². The zero-order chi connectivity index (χ0) is 11.8. The van der Waals surface area contributed by atoms with E-state index < -0.39 is 15.2 Å². The molecule has 88 valence electrons. The van der Waals surface area contributed by atoms with Gasteiger partial charge in [0.2, 0.25) is 10.4 Å². The summed E-state index contributed by atoms with van der Waals surface area (Å²) in [5, 5.41) is 17.6. The number of nitrogens with zero attached hydrogens (tertiary/aromatic N) is 1. The van der Waals surface area contributed by atoms with Gasteiger partial charge in [-0.25, -0.2) is 8.42 Å². The lowest BCUT2D eigenvalue weighted by Gasteiger charge is -2.17. The minimum Gasteiger partial charge on any atom is -0.726 e. The molecule has 0 rings (SSSR count). The Kier molecular flexibility index (Phi) is 8.21. The molecule has 0 aliphatic rings. The maximum absolute atomic E-state index is 9.22. The van der Waals surface area contributed by atoms with Crippen LogP contribution in [0.5, 0.6) is 0 Å². The van der Waals surface area contributed by atoms with Gasteiger partial charge < -0.3 is 4.55 Å². The zero-order valence-electron chi connectivity index (χ0n) is 8.50. The van der Waals surface area contributed by atoms with E-state index in [4.69, 9.17) is 10.4 Å². The van der Waals surface area contributed by atoms with E-state index in [1.807, 2.05) is 6.92 Å². The minimum atomic E-state index is -4.41. The van der Waals surface area contributed by atoms with Crippen LogP contribution in [0, 0.1) is 0 Å². The molecule has 0 fully saturated rings. The Morgan fingerprint density at radius 2 is 1.71 bits per heavy atom. The molecule has 0 saturated carbocycles. The van der Waals surface area contributed by atoms with Crippen LogP contribution >= 0.6 is 0 Å². The Morgan fingerprint density at radius 1 is 1.36 bits per heavy atom. The predicted octanol–water partition coefficient (Wildman–Crippen LogP) is 0.105. The van der Waals surface area contributed by atoms with Gasteiger partial charge in [0.25, 0.3) is 0 Å². The van der Waals surface area contributed by atoms with Crippen molar-refractivity contribution in [3.05, 3.63) is 0 Å². The summed E-state index contributed by atoms with van der Waals surface area (Å²) in [6.07, 6.45) is 0.792. The van der Waals surface area contributed by atoms with E-state index >= 15 is 0 Å². The van der Waals surface area contributed by atoms with E-state index in [0.29, 0.717) is 13.1 Å². The number of rotatable bonds is 4. The van der Waals surface area contributed by atoms with Crippen LogP contribution in [0.4, 0.5) is 0 Å². The van der Waals surface area contributed by atoms with Crippen molar-refractivity contribution in [2.75, 3.05) is 20.2 Å². The number of quaternary nitrogens is 1. The first kappa shape index (κ1) is 16.2. The summed E-state index contributed by atoms with van der Waals surface area (Å²) in [4.78, 5) is -0.837. The molecule has 7 nitrogen and oxygen atoms in total. The van der Waals surface area contributed by atoms with E-state index in [-0.39, 0.29) is 0 Å². The molecule has 0 aromatic rings. The van der Waals surface area contributed by atoms with Crippen molar-refractivity contribution < 1.29 is 32.4 Å². The molecule has 8 heteroatoms. The first-order valence-corrected chi connectivity index (χ1v) is 5.35. The third-order valence-electron chi connectivity index (χ3n) is 1.29. The van der Waals surface area contributed by atoms with E-state index in [9.17, 15) is 13.0 Å². The molecule has 0 unspecified atom stereocenters. The van der Waals surface area contributed by atoms with Crippen molar-refractivity contribution in [1.82, 2.24) is 0 Å². The summed E-state index contributed by atoms with van der Waals surface area (Å²) < 4.78 is 31.0. The second-order valence-corrected chi connectivity index (χ2v) is 3.64. The topological polar surface area (TPSA) is 107 Å². The SMILES string of the molecule is CCC[N+](O)(O)CC.COS(=O)(=O)[O-]. The van der Waals surface area contributed by atoms with Crippen molar-refractivity contribution in [2.45, 2.75) is 20.3 Å².